The second kappa shape index (κ2) is 5.17. The number of aliphatic hydroxyl groups excluding tert-OH is 1. The Morgan fingerprint density at radius 1 is 1.20 bits per heavy atom. The molecule has 3 heterocycles. The molecule has 0 spiro atoms. The van der Waals surface area contributed by atoms with Crippen LogP contribution in [0.2, 0.25) is 0 Å². The van der Waals surface area contributed by atoms with Crippen LogP contribution in [0.1, 0.15) is 52.1 Å². The quantitative estimate of drug-likeness (QED) is 0.854. The summed E-state index contributed by atoms with van der Waals surface area (Å²) in [5.41, 5.74) is 1.11. The van der Waals surface area contributed by atoms with Crippen LogP contribution in [0.3, 0.4) is 0 Å². The van der Waals surface area contributed by atoms with Crippen molar-refractivity contribution in [3.05, 3.63) is 17.7 Å². The Balaban J connectivity index is 1.86. The molecule has 0 saturated carbocycles. The largest absolute Gasteiger partial charge is 0.485 e. The molecular formula is C18H23N3O4. The molecule has 2 unspecified atom stereocenters. The molecule has 1 N–H and O–H groups in total. The maximum absolute atomic E-state index is 12.7. The van der Waals surface area contributed by atoms with E-state index < -0.39 is 17.7 Å². The van der Waals surface area contributed by atoms with Gasteiger partial charge in [-0.3, -0.25) is 4.79 Å². The van der Waals surface area contributed by atoms with Crippen LogP contribution in [-0.4, -0.2) is 44.5 Å². The number of hydrogen-bond acceptors (Lipinski definition) is 6. The first-order valence-corrected chi connectivity index (χ1v) is 8.61. The molecule has 0 bridgehead atoms. The van der Waals surface area contributed by atoms with E-state index >= 15 is 0 Å². The predicted octanol–water partition coefficient (Wildman–Crippen LogP) is 2.44. The Morgan fingerprint density at radius 2 is 1.88 bits per heavy atom. The highest BCUT2D eigenvalue weighted by molar-refractivity contribution is 5.80. The zero-order chi connectivity index (χ0) is 18.0. The van der Waals surface area contributed by atoms with Crippen LogP contribution in [0.5, 0.6) is 5.75 Å². The van der Waals surface area contributed by atoms with Crippen molar-refractivity contribution >= 4 is 16.9 Å². The lowest BCUT2D eigenvalue weighted by Crippen LogP contribution is -2.57. The first-order chi connectivity index (χ1) is 11.7. The fourth-order valence-corrected chi connectivity index (χ4v) is 3.85. The molecule has 2 aromatic rings. The molecule has 4 rings (SSSR count). The summed E-state index contributed by atoms with van der Waals surface area (Å²) in [6.45, 7) is 8.55. The summed E-state index contributed by atoms with van der Waals surface area (Å²) >= 11 is 0. The summed E-state index contributed by atoms with van der Waals surface area (Å²) in [5.74, 6) is 0.671. The minimum absolute atomic E-state index is 0.00971. The third-order valence-electron chi connectivity index (χ3n) is 5.36. The van der Waals surface area contributed by atoms with Crippen molar-refractivity contribution in [1.82, 2.24) is 15.2 Å². The molecule has 1 aromatic carbocycles. The van der Waals surface area contributed by atoms with Gasteiger partial charge in [0, 0.05) is 24.6 Å². The third-order valence-corrected chi connectivity index (χ3v) is 5.36. The number of likely N-dealkylation sites (tertiary alicyclic amines) is 1. The molecule has 7 heteroatoms. The first-order valence-electron chi connectivity index (χ1n) is 8.61. The van der Waals surface area contributed by atoms with E-state index in [2.05, 4.69) is 24.2 Å². The number of hydrogen-bond donors (Lipinski definition) is 1. The van der Waals surface area contributed by atoms with Crippen molar-refractivity contribution in [2.24, 2.45) is 5.41 Å². The second-order valence-electron chi connectivity index (χ2n) is 8.42. The lowest BCUT2D eigenvalue weighted by atomic mass is 9.79. The normalized spacial score (nSPS) is 27.9. The van der Waals surface area contributed by atoms with E-state index in [4.69, 9.17) is 9.37 Å². The number of amides is 1. The molecule has 0 radical (unpaired) electrons. The summed E-state index contributed by atoms with van der Waals surface area (Å²) in [6.07, 6.45) is 0.486. The van der Waals surface area contributed by atoms with Gasteiger partial charge in [0.1, 0.15) is 28.5 Å². The molecule has 2 aliphatic rings. The average molecular weight is 345 g/mol. The Labute approximate surface area is 145 Å². The summed E-state index contributed by atoms with van der Waals surface area (Å²) in [6, 6.07) is 3.09. The topological polar surface area (TPSA) is 88.7 Å². The van der Waals surface area contributed by atoms with Gasteiger partial charge in [0.25, 0.3) is 0 Å². The fourth-order valence-electron chi connectivity index (χ4n) is 3.85. The molecule has 25 heavy (non-hydrogen) atoms. The van der Waals surface area contributed by atoms with Crippen molar-refractivity contribution in [1.29, 1.82) is 0 Å². The van der Waals surface area contributed by atoms with Crippen molar-refractivity contribution < 1.29 is 19.3 Å². The standard InChI is InChI=1S/C18H23N3O4/c1-17(2)6-5-14(22)21(9-17)15-10-7-11-12(20-25-19-11)8-13(10)24-18(3,4)16(15)23/h7-8,15-16,23H,5-6,9H2,1-4H3. The molecule has 0 aliphatic carbocycles. The van der Waals surface area contributed by atoms with E-state index in [-0.39, 0.29) is 11.3 Å². The summed E-state index contributed by atoms with van der Waals surface area (Å²) in [4.78, 5) is 14.5. The highest BCUT2D eigenvalue weighted by Gasteiger charge is 2.49. The number of rotatable bonds is 1. The van der Waals surface area contributed by atoms with Crippen molar-refractivity contribution in [2.45, 2.75) is 58.3 Å². The summed E-state index contributed by atoms with van der Waals surface area (Å²) in [5, 5.41) is 18.8. The van der Waals surface area contributed by atoms with Crippen LogP contribution in [0, 0.1) is 5.41 Å². The molecule has 1 saturated heterocycles. The lowest BCUT2D eigenvalue weighted by Gasteiger charge is -2.49. The molecule has 1 amide bonds. The molecule has 1 aromatic heterocycles. The summed E-state index contributed by atoms with van der Waals surface area (Å²) in [7, 11) is 0. The number of ether oxygens (including phenoxy) is 1. The van der Waals surface area contributed by atoms with Crippen molar-refractivity contribution in [2.75, 3.05) is 6.54 Å². The minimum atomic E-state index is -0.852. The minimum Gasteiger partial charge on any atom is -0.485 e. The van der Waals surface area contributed by atoms with E-state index in [1.54, 1.807) is 17.0 Å². The van der Waals surface area contributed by atoms with Gasteiger partial charge in [-0.2, -0.15) is 0 Å². The Kier molecular flexibility index (Phi) is 3.38. The van der Waals surface area contributed by atoms with Gasteiger partial charge in [0.15, 0.2) is 0 Å². The van der Waals surface area contributed by atoms with Crippen LogP contribution in [-0.2, 0) is 4.79 Å². The Bertz CT molecular complexity index is 842. The fraction of sp³-hybridized carbons (Fsp3) is 0.611. The van der Waals surface area contributed by atoms with Gasteiger partial charge in [0.2, 0.25) is 5.91 Å². The van der Waals surface area contributed by atoms with Crippen LogP contribution < -0.4 is 4.74 Å². The van der Waals surface area contributed by atoms with Gasteiger partial charge in [0.05, 0.1) is 6.04 Å². The monoisotopic (exact) mass is 345 g/mol. The van der Waals surface area contributed by atoms with Gasteiger partial charge in [-0.1, -0.05) is 13.8 Å². The number of piperidine rings is 1. The third kappa shape index (κ3) is 2.57. The number of carbonyl (C=O) groups is 1. The highest BCUT2D eigenvalue weighted by Crippen LogP contribution is 2.46. The number of nitrogens with zero attached hydrogens (tertiary/aromatic N) is 3. The molecule has 1 fully saturated rings. The summed E-state index contributed by atoms with van der Waals surface area (Å²) < 4.78 is 10.8. The van der Waals surface area contributed by atoms with Crippen molar-refractivity contribution in [3.8, 4) is 5.75 Å². The zero-order valence-electron chi connectivity index (χ0n) is 14.9. The molecule has 2 atom stereocenters. The Hall–Kier alpha value is -2.15. The van der Waals surface area contributed by atoms with Crippen LogP contribution >= 0.6 is 0 Å². The van der Waals surface area contributed by atoms with Gasteiger partial charge in [-0.25, -0.2) is 4.63 Å². The smallest absolute Gasteiger partial charge is 0.223 e. The first kappa shape index (κ1) is 16.3. The maximum Gasteiger partial charge on any atom is 0.223 e. The van der Waals surface area contributed by atoms with Crippen molar-refractivity contribution in [3.63, 3.8) is 0 Å². The number of benzene rings is 1. The predicted molar refractivity (Wildman–Crippen MR) is 90.0 cm³/mol. The number of aromatic nitrogens is 2. The van der Waals surface area contributed by atoms with Gasteiger partial charge >= 0.3 is 0 Å². The van der Waals surface area contributed by atoms with Gasteiger partial charge < -0.3 is 14.7 Å². The SMILES string of the molecule is CC1(C)CCC(=O)N(C2c3cc4nonc4cc3OC(C)(C)C2O)C1. The average Bonchev–Trinajstić information content (AvgIpc) is 2.96. The van der Waals surface area contributed by atoms with E-state index in [9.17, 15) is 9.90 Å². The molecular weight excluding hydrogens is 322 g/mol. The number of fused-ring (bicyclic) bond motifs is 2. The number of carbonyl (C=O) groups excluding carboxylic acids is 1. The Morgan fingerprint density at radius 3 is 2.60 bits per heavy atom. The second-order valence-corrected chi connectivity index (χ2v) is 8.42. The van der Waals surface area contributed by atoms with E-state index in [0.717, 1.165) is 12.0 Å². The lowest BCUT2D eigenvalue weighted by molar-refractivity contribution is -0.152. The maximum atomic E-state index is 12.7. The van der Waals surface area contributed by atoms with E-state index in [0.29, 0.717) is 29.7 Å². The van der Waals surface area contributed by atoms with Crippen LogP contribution in [0.15, 0.2) is 16.8 Å². The van der Waals surface area contributed by atoms with E-state index in [1.165, 1.54) is 0 Å². The van der Waals surface area contributed by atoms with Crippen LogP contribution in [0.25, 0.3) is 11.0 Å². The molecule has 2 aliphatic heterocycles. The highest BCUT2D eigenvalue weighted by atomic mass is 16.6. The molecule has 7 nitrogen and oxygen atoms in total. The van der Waals surface area contributed by atoms with Gasteiger partial charge in [-0.05, 0) is 42.1 Å². The van der Waals surface area contributed by atoms with Gasteiger partial charge in [-0.15, -0.1) is 0 Å². The number of aliphatic hydroxyl groups is 1. The zero-order valence-corrected chi connectivity index (χ0v) is 14.9. The van der Waals surface area contributed by atoms with E-state index in [1.807, 2.05) is 13.8 Å². The molecule has 134 valence electrons. The van der Waals surface area contributed by atoms with Crippen LogP contribution in [0.4, 0.5) is 0 Å².